The van der Waals surface area contributed by atoms with Crippen molar-refractivity contribution in [2.45, 2.75) is 12.3 Å². The Kier molecular flexibility index (Phi) is 2.69. The predicted molar refractivity (Wildman–Crippen MR) is 56.6 cm³/mol. The van der Waals surface area contributed by atoms with Gasteiger partial charge in [0.15, 0.2) is 0 Å². The van der Waals surface area contributed by atoms with Crippen LogP contribution >= 0.6 is 15.9 Å². The van der Waals surface area contributed by atoms with E-state index in [0.717, 1.165) is 13.0 Å². The first kappa shape index (κ1) is 8.82. The van der Waals surface area contributed by atoms with Crippen LogP contribution in [0.25, 0.3) is 0 Å². The highest BCUT2D eigenvalue weighted by Crippen LogP contribution is 2.29. The Morgan fingerprint density at radius 1 is 1.31 bits per heavy atom. The molecule has 1 aromatic carbocycles. The second kappa shape index (κ2) is 3.97. The van der Waals surface area contributed by atoms with Gasteiger partial charge in [0.25, 0.3) is 0 Å². The Morgan fingerprint density at radius 3 is 2.85 bits per heavy atom. The average Bonchev–Trinajstić information content (AvgIpc) is 2.20. The number of hydrogen-bond donors (Lipinski definition) is 0. The molecule has 0 saturated carbocycles. The summed E-state index contributed by atoms with van der Waals surface area (Å²) in [5.74, 6) is 0.504. The smallest absolute Gasteiger partial charge is 0.0882 e. The lowest BCUT2D eigenvalue weighted by Crippen LogP contribution is -2.05. The quantitative estimate of drug-likeness (QED) is 0.729. The molecule has 1 nitrogen and oxygen atoms in total. The van der Waals surface area contributed by atoms with E-state index in [1.165, 1.54) is 10.0 Å². The Balaban J connectivity index is 2.29. The molecule has 1 atom stereocenters. The van der Waals surface area contributed by atoms with Crippen molar-refractivity contribution in [2.24, 2.45) is 0 Å². The van der Waals surface area contributed by atoms with Crippen molar-refractivity contribution in [3.05, 3.63) is 46.6 Å². The summed E-state index contributed by atoms with van der Waals surface area (Å²) in [6.07, 6.45) is 4.98. The highest BCUT2D eigenvalue weighted by atomic mass is 79.9. The lowest BCUT2D eigenvalue weighted by Gasteiger charge is -2.18. The van der Waals surface area contributed by atoms with E-state index in [1.807, 2.05) is 6.07 Å². The summed E-state index contributed by atoms with van der Waals surface area (Å²) < 4.78 is 6.35. The molecule has 0 radical (unpaired) electrons. The van der Waals surface area contributed by atoms with E-state index >= 15 is 0 Å². The van der Waals surface area contributed by atoms with Crippen LogP contribution in [0.15, 0.2) is 41.1 Å². The standard InChI is InChI=1S/C11H11BrO/c12-11-4-2-1-3-10(11)9-5-7-13-8-6-9/h1-5,7,9H,6,8H2. The van der Waals surface area contributed by atoms with Gasteiger partial charge in [-0.1, -0.05) is 34.1 Å². The molecule has 0 fully saturated rings. The molecule has 0 bridgehead atoms. The largest absolute Gasteiger partial charge is 0.501 e. The molecule has 0 aromatic heterocycles. The van der Waals surface area contributed by atoms with Gasteiger partial charge in [-0.25, -0.2) is 0 Å². The minimum atomic E-state index is 0.504. The van der Waals surface area contributed by atoms with E-state index < -0.39 is 0 Å². The molecule has 68 valence electrons. The van der Waals surface area contributed by atoms with Crippen molar-refractivity contribution in [3.8, 4) is 0 Å². The maximum atomic E-state index is 5.17. The second-order valence-electron chi connectivity index (χ2n) is 3.12. The Hall–Kier alpha value is -0.760. The molecule has 0 amide bonds. The summed E-state index contributed by atoms with van der Waals surface area (Å²) in [5.41, 5.74) is 1.35. The van der Waals surface area contributed by atoms with Gasteiger partial charge in [-0.3, -0.25) is 0 Å². The first-order valence-electron chi connectivity index (χ1n) is 4.40. The van der Waals surface area contributed by atoms with Crippen LogP contribution in [-0.4, -0.2) is 6.61 Å². The molecular formula is C11H11BrO. The number of halogens is 1. The van der Waals surface area contributed by atoms with Crippen LogP contribution in [0.5, 0.6) is 0 Å². The molecule has 2 heteroatoms. The average molecular weight is 239 g/mol. The van der Waals surface area contributed by atoms with Crippen LogP contribution < -0.4 is 0 Å². The van der Waals surface area contributed by atoms with Gasteiger partial charge in [-0.15, -0.1) is 0 Å². The van der Waals surface area contributed by atoms with Crippen LogP contribution in [0.1, 0.15) is 17.9 Å². The summed E-state index contributed by atoms with van der Waals surface area (Å²) in [4.78, 5) is 0. The number of rotatable bonds is 1. The van der Waals surface area contributed by atoms with Crippen LogP contribution in [-0.2, 0) is 4.74 Å². The number of hydrogen-bond acceptors (Lipinski definition) is 1. The Bertz CT molecular complexity index is 320. The van der Waals surface area contributed by atoms with Gasteiger partial charge in [0.05, 0.1) is 12.9 Å². The van der Waals surface area contributed by atoms with Crippen LogP contribution in [0.4, 0.5) is 0 Å². The summed E-state index contributed by atoms with van der Waals surface area (Å²) >= 11 is 3.56. The van der Waals surface area contributed by atoms with Crippen molar-refractivity contribution in [3.63, 3.8) is 0 Å². The fraction of sp³-hybridized carbons (Fsp3) is 0.273. The number of allylic oxidation sites excluding steroid dienone is 1. The monoisotopic (exact) mass is 238 g/mol. The maximum Gasteiger partial charge on any atom is 0.0882 e. The fourth-order valence-electron chi connectivity index (χ4n) is 1.54. The third-order valence-corrected chi connectivity index (χ3v) is 2.98. The minimum Gasteiger partial charge on any atom is -0.501 e. The van der Waals surface area contributed by atoms with Crippen molar-refractivity contribution >= 4 is 15.9 Å². The van der Waals surface area contributed by atoms with E-state index in [0.29, 0.717) is 5.92 Å². The lowest BCUT2D eigenvalue weighted by atomic mass is 9.95. The van der Waals surface area contributed by atoms with Crippen molar-refractivity contribution in [2.75, 3.05) is 6.61 Å². The van der Waals surface area contributed by atoms with Crippen LogP contribution in [0, 0.1) is 0 Å². The minimum absolute atomic E-state index is 0.504. The molecule has 1 aromatic rings. The second-order valence-corrected chi connectivity index (χ2v) is 3.97. The molecule has 1 aliphatic rings. The van der Waals surface area contributed by atoms with E-state index in [9.17, 15) is 0 Å². The zero-order valence-electron chi connectivity index (χ0n) is 7.24. The van der Waals surface area contributed by atoms with Gasteiger partial charge in [0, 0.05) is 10.4 Å². The van der Waals surface area contributed by atoms with Gasteiger partial charge in [0.1, 0.15) is 0 Å². The molecule has 1 heterocycles. The predicted octanol–water partition coefficient (Wildman–Crippen LogP) is 3.47. The number of ether oxygens (including phenoxy) is 1. The van der Waals surface area contributed by atoms with Crippen LogP contribution in [0.2, 0.25) is 0 Å². The van der Waals surface area contributed by atoms with Gasteiger partial charge < -0.3 is 4.74 Å². The van der Waals surface area contributed by atoms with Crippen LogP contribution in [0.3, 0.4) is 0 Å². The topological polar surface area (TPSA) is 9.23 Å². The van der Waals surface area contributed by atoms with Gasteiger partial charge in [-0.05, 0) is 24.1 Å². The van der Waals surface area contributed by atoms with E-state index in [4.69, 9.17) is 4.74 Å². The van der Waals surface area contributed by atoms with Gasteiger partial charge in [0.2, 0.25) is 0 Å². The Labute approximate surface area is 86.5 Å². The van der Waals surface area contributed by atoms with Gasteiger partial charge in [-0.2, -0.15) is 0 Å². The number of benzene rings is 1. The van der Waals surface area contributed by atoms with Crippen molar-refractivity contribution in [1.29, 1.82) is 0 Å². The third-order valence-electron chi connectivity index (χ3n) is 2.26. The molecule has 1 aliphatic heterocycles. The molecular weight excluding hydrogens is 228 g/mol. The molecule has 2 rings (SSSR count). The SMILES string of the molecule is Brc1ccccc1C1C=COCC1. The summed E-state index contributed by atoms with van der Waals surface area (Å²) in [5, 5.41) is 0. The molecule has 0 saturated heterocycles. The molecule has 13 heavy (non-hydrogen) atoms. The summed E-state index contributed by atoms with van der Waals surface area (Å²) in [6.45, 7) is 0.822. The normalized spacial score (nSPS) is 21.2. The molecule has 0 N–H and O–H groups in total. The van der Waals surface area contributed by atoms with Crippen molar-refractivity contribution in [1.82, 2.24) is 0 Å². The Morgan fingerprint density at radius 2 is 2.15 bits per heavy atom. The molecule has 1 unspecified atom stereocenters. The first-order valence-corrected chi connectivity index (χ1v) is 5.20. The zero-order valence-corrected chi connectivity index (χ0v) is 8.83. The highest BCUT2D eigenvalue weighted by Gasteiger charge is 2.13. The maximum absolute atomic E-state index is 5.17. The fourth-order valence-corrected chi connectivity index (χ4v) is 2.12. The molecule has 0 spiro atoms. The zero-order chi connectivity index (χ0) is 9.10. The first-order chi connectivity index (χ1) is 6.38. The van der Waals surface area contributed by atoms with Gasteiger partial charge >= 0.3 is 0 Å². The highest BCUT2D eigenvalue weighted by molar-refractivity contribution is 9.10. The van der Waals surface area contributed by atoms with Crippen molar-refractivity contribution < 1.29 is 4.74 Å². The van der Waals surface area contributed by atoms with E-state index in [-0.39, 0.29) is 0 Å². The third kappa shape index (κ3) is 1.94. The summed E-state index contributed by atoms with van der Waals surface area (Å²) in [6, 6.07) is 8.35. The summed E-state index contributed by atoms with van der Waals surface area (Å²) in [7, 11) is 0. The van der Waals surface area contributed by atoms with E-state index in [2.05, 4.69) is 40.2 Å². The molecule has 0 aliphatic carbocycles. The lowest BCUT2D eigenvalue weighted by molar-refractivity contribution is 0.222. The van der Waals surface area contributed by atoms with E-state index in [1.54, 1.807) is 6.26 Å².